The smallest absolute Gasteiger partial charge is 0.476 e. The van der Waals surface area contributed by atoms with Crippen molar-refractivity contribution in [3.8, 4) is 5.75 Å². The molecule has 2 aliphatic heterocycles. The van der Waals surface area contributed by atoms with E-state index in [4.69, 9.17) is 18.9 Å². The van der Waals surface area contributed by atoms with Crippen molar-refractivity contribution in [3.05, 3.63) is 23.3 Å². The quantitative estimate of drug-likeness (QED) is 0.283. The number of amides is 4. The normalized spacial score (nSPS) is 18.9. The average Bonchev–Trinajstić information content (AvgIpc) is 3.82. The fraction of sp³-hybridized carbons (Fsp3) is 0.656. The number of hydrogen-bond acceptors (Lipinski definition) is 9. The Bertz CT molecular complexity index is 1290. The first-order chi connectivity index (χ1) is 21.3. The molecule has 0 unspecified atom stereocenters. The molecule has 1 N–H and O–H groups in total. The van der Waals surface area contributed by atoms with E-state index in [9.17, 15) is 24.0 Å². The van der Waals surface area contributed by atoms with Crippen LogP contribution in [0.2, 0.25) is 0 Å². The zero-order valence-corrected chi connectivity index (χ0v) is 27.2. The third kappa shape index (κ3) is 8.37. The molecule has 1 saturated heterocycles. The lowest BCUT2D eigenvalue weighted by atomic mass is 9.97. The predicted molar refractivity (Wildman–Crippen MR) is 164 cm³/mol. The van der Waals surface area contributed by atoms with Crippen LogP contribution in [-0.4, -0.2) is 97.0 Å². The second-order valence-electron chi connectivity index (χ2n) is 12.6. The Morgan fingerprint density at radius 1 is 1.11 bits per heavy atom. The summed E-state index contributed by atoms with van der Waals surface area (Å²) in [6.07, 6.45) is 2.22. The monoisotopic (exact) mass is 630 g/mol. The summed E-state index contributed by atoms with van der Waals surface area (Å²) in [6.45, 7) is 11.7. The van der Waals surface area contributed by atoms with Crippen LogP contribution in [0, 0.1) is 12.8 Å². The molecule has 248 valence electrons. The molecule has 4 rings (SSSR count). The van der Waals surface area contributed by atoms with Crippen LogP contribution >= 0.6 is 0 Å². The van der Waals surface area contributed by atoms with E-state index >= 15 is 0 Å². The van der Waals surface area contributed by atoms with Crippen LogP contribution in [0.5, 0.6) is 5.75 Å². The molecule has 2 heterocycles. The first-order valence-corrected chi connectivity index (χ1v) is 15.8. The lowest BCUT2D eigenvalue weighted by molar-refractivity contribution is -0.132. The van der Waals surface area contributed by atoms with Crippen LogP contribution < -0.4 is 15.0 Å². The van der Waals surface area contributed by atoms with Crippen LogP contribution in [0.4, 0.5) is 15.3 Å². The van der Waals surface area contributed by atoms with E-state index < -0.39 is 24.6 Å². The molecule has 0 radical (unpaired) electrons. The van der Waals surface area contributed by atoms with Gasteiger partial charge < -0.3 is 39.0 Å². The Balaban J connectivity index is 1.47. The summed E-state index contributed by atoms with van der Waals surface area (Å²) in [5, 5.41) is 2.80. The van der Waals surface area contributed by atoms with E-state index in [-0.39, 0.29) is 49.4 Å². The highest BCUT2D eigenvalue weighted by molar-refractivity contribution is 6.05. The van der Waals surface area contributed by atoms with Crippen LogP contribution in [0.15, 0.2) is 12.1 Å². The highest BCUT2D eigenvalue weighted by Crippen LogP contribution is 2.40. The molecule has 4 amide bonds. The first-order valence-electron chi connectivity index (χ1n) is 15.8. The van der Waals surface area contributed by atoms with Gasteiger partial charge in [-0.25, -0.2) is 9.59 Å². The standard InChI is InChI=1S/C32H46N4O9/c1-7-27(37)33-12-14-35-25-16-24(21(4)15-26(25)45-32(5,6)29(35)39)28(38)36(20(2)3)23-9-8-13-34(17-23)30(40)43-19-44-31(41)42-18-22-10-11-22/h15-16,20,22-23H,7-14,17-19H2,1-6H3,(H,33,37)/t23-/m1/s1. The van der Waals surface area contributed by atoms with Gasteiger partial charge in [-0.1, -0.05) is 6.92 Å². The van der Waals surface area contributed by atoms with Crippen LogP contribution in [0.1, 0.15) is 82.6 Å². The van der Waals surface area contributed by atoms with Crippen LogP contribution in [0.3, 0.4) is 0 Å². The Labute approximate surface area is 264 Å². The number of nitrogens with one attached hydrogen (secondary N) is 1. The van der Waals surface area contributed by atoms with Gasteiger partial charge in [-0.15, -0.1) is 0 Å². The molecule has 0 bridgehead atoms. The van der Waals surface area contributed by atoms with Crippen molar-refractivity contribution in [2.45, 2.75) is 91.3 Å². The minimum absolute atomic E-state index is 0.119. The van der Waals surface area contributed by atoms with Gasteiger partial charge in [0.2, 0.25) is 12.7 Å². The molecule has 1 saturated carbocycles. The maximum atomic E-state index is 14.2. The highest BCUT2D eigenvalue weighted by Gasteiger charge is 2.42. The van der Waals surface area contributed by atoms with Crippen molar-refractivity contribution < 1.29 is 42.9 Å². The summed E-state index contributed by atoms with van der Waals surface area (Å²) < 4.78 is 21.1. The number of aryl methyl sites for hydroxylation is 1. The highest BCUT2D eigenvalue weighted by atomic mass is 16.8. The molecule has 1 atom stereocenters. The molecule has 13 nitrogen and oxygen atoms in total. The number of carbonyl (C=O) groups is 5. The average molecular weight is 631 g/mol. The van der Waals surface area contributed by atoms with Crippen LogP contribution in [0.25, 0.3) is 0 Å². The van der Waals surface area contributed by atoms with Crippen molar-refractivity contribution in [2.24, 2.45) is 5.92 Å². The largest absolute Gasteiger partial charge is 0.511 e. The van der Waals surface area contributed by atoms with Crippen molar-refractivity contribution in [1.82, 2.24) is 15.1 Å². The van der Waals surface area contributed by atoms with Gasteiger partial charge in [-0.2, -0.15) is 0 Å². The maximum absolute atomic E-state index is 14.2. The van der Waals surface area contributed by atoms with Gasteiger partial charge in [0.05, 0.1) is 18.3 Å². The molecule has 2 fully saturated rings. The molecular weight excluding hydrogens is 584 g/mol. The van der Waals surface area contributed by atoms with Gasteiger partial charge in [0.25, 0.3) is 11.8 Å². The number of nitrogens with zero attached hydrogens (tertiary/aromatic N) is 3. The van der Waals surface area contributed by atoms with Gasteiger partial charge in [-0.3, -0.25) is 14.4 Å². The summed E-state index contributed by atoms with van der Waals surface area (Å²) in [5.74, 6) is 0.251. The Morgan fingerprint density at radius 2 is 1.84 bits per heavy atom. The molecule has 13 heteroatoms. The minimum Gasteiger partial charge on any atom is -0.476 e. The third-order valence-corrected chi connectivity index (χ3v) is 8.26. The van der Waals surface area contributed by atoms with Gasteiger partial charge in [0, 0.05) is 44.2 Å². The summed E-state index contributed by atoms with van der Waals surface area (Å²) >= 11 is 0. The summed E-state index contributed by atoms with van der Waals surface area (Å²) in [7, 11) is 0. The number of fused-ring (bicyclic) bond motifs is 1. The van der Waals surface area contributed by atoms with Gasteiger partial charge in [-0.05, 0) is 83.9 Å². The molecule has 45 heavy (non-hydrogen) atoms. The molecule has 1 aromatic rings. The molecule has 1 aliphatic carbocycles. The van der Waals surface area contributed by atoms with Crippen molar-refractivity contribution >= 4 is 35.7 Å². The number of carbonyl (C=O) groups excluding carboxylic acids is 5. The molecule has 3 aliphatic rings. The fourth-order valence-electron chi connectivity index (χ4n) is 5.64. The van der Waals surface area contributed by atoms with Crippen molar-refractivity contribution in [2.75, 3.05) is 44.5 Å². The second-order valence-corrected chi connectivity index (χ2v) is 12.6. The number of rotatable bonds is 11. The van der Waals surface area contributed by atoms with Crippen LogP contribution in [-0.2, 0) is 23.8 Å². The number of ether oxygens (including phenoxy) is 4. The van der Waals surface area contributed by atoms with Gasteiger partial charge in [0.1, 0.15) is 5.75 Å². The van der Waals surface area contributed by atoms with Crippen molar-refractivity contribution in [1.29, 1.82) is 0 Å². The summed E-state index contributed by atoms with van der Waals surface area (Å²) in [6, 6.07) is 2.96. The second kappa shape index (κ2) is 14.4. The fourth-order valence-corrected chi connectivity index (χ4v) is 5.64. The zero-order chi connectivity index (χ0) is 32.9. The zero-order valence-electron chi connectivity index (χ0n) is 27.2. The summed E-state index contributed by atoms with van der Waals surface area (Å²) in [5.41, 5.74) is 0.448. The molecule has 0 aromatic heterocycles. The number of anilines is 1. The maximum Gasteiger partial charge on any atom is 0.511 e. The lowest BCUT2D eigenvalue weighted by Gasteiger charge is -2.42. The number of benzene rings is 1. The number of piperidine rings is 1. The topological polar surface area (TPSA) is 144 Å². The van der Waals surface area contributed by atoms with E-state index in [0.717, 1.165) is 12.8 Å². The Hall–Kier alpha value is -4.03. The van der Waals surface area contributed by atoms with E-state index in [1.54, 1.807) is 42.7 Å². The summed E-state index contributed by atoms with van der Waals surface area (Å²) in [4.78, 5) is 68.8. The Kier molecular flexibility index (Phi) is 10.8. The molecule has 0 spiro atoms. The lowest BCUT2D eigenvalue weighted by Crippen LogP contribution is -2.55. The van der Waals surface area contributed by atoms with E-state index in [0.29, 0.717) is 60.9 Å². The minimum atomic E-state index is -1.12. The van der Waals surface area contributed by atoms with E-state index in [1.807, 2.05) is 20.8 Å². The number of likely N-dealkylation sites (tertiary alicyclic amines) is 1. The van der Waals surface area contributed by atoms with Gasteiger partial charge in [0.15, 0.2) is 5.60 Å². The first kappa shape index (κ1) is 33.9. The van der Waals surface area contributed by atoms with E-state index in [2.05, 4.69) is 5.32 Å². The van der Waals surface area contributed by atoms with Gasteiger partial charge >= 0.3 is 12.2 Å². The number of hydrogen-bond donors (Lipinski definition) is 1. The Morgan fingerprint density at radius 3 is 2.51 bits per heavy atom. The van der Waals surface area contributed by atoms with Crippen molar-refractivity contribution in [3.63, 3.8) is 0 Å². The molecule has 1 aromatic carbocycles. The molecular formula is C32H46N4O9. The SMILES string of the molecule is CCC(=O)NCCN1C(=O)C(C)(C)Oc2cc(C)c(C(=O)N(C(C)C)[C@@H]3CCCN(C(=O)OCOC(=O)OCC4CC4)C3)cc21. The third-order valence-electron chi connectivity index (χ3n) is 8.26. The van der Waals surface area contributed by atoms with E-state index in [1.165, 1.54) is 4.90 Å². The predicted octanol–water partition coefficient (Wildman–Crippen LogP) is 4.00.